The van der Waals surface area contributed by atoms with Gasteiger partial charge >= 0.3 is 0 Å². The molecule has 2 rings (SSSR count). The lowest BCUT2D eigenvalue weighted by Crippen LogP contribution is -2.42. The monoisotopic (exact) mass is 246 g/mol. The third-order valence-corrected chi connectivity index (χ3v) is 3.08. The van der Waals surface area contributed by atoms with Gasteiger partial charge in [0.15, 0.2) is 6.17 Å². The van der Waals surface area contributed by atoms with E-state index in [9.17, 15) is 0 Å². The minimum Gasteiger partial charge on any atom is -0.281 e. The van der Waals surface area contributed by atoms with Gasteiger partial charge in [0.05, 0.1) is 5.71 Å². The van der Waals surface area contributed by atoms with Gasteiger partial charge < -0.3 is 0 Å². The van der Waals surface area contributed by atoms with E-state index >= 15 is 0 Å². The SMILES string of the molecule is CC(C)(C)C1=NNC2N=CN=CC2=C1C(C)(C)C. The van der Waals surface area contributed by atoms with Gasteiger partial charge in [-0.05, 0) is 11.0 Å². The van der Waals surface area contributed by atoms with Gasteiger partial charge in [0.2, 0.25) is 0 Å². The summed E-state index contributed by atoms with van der Waals surface area (Å²) in [5, 5.41) is 4.57. The van der Waals surface area contributed by atoms with Crippen molar-refractivity contribution in [1.82, 2.24) is 5.43 Å². The molecular weight excluding hydrogens is 224 g/mol. The van der Waals surface area contributed by atoms with Crippen LogP contribution in [0.15, 0.2) is 26.2 Å². The highest BCUT2D eigenvalue weighted by molar-refractivity contribution is 6.10. The minimum absolute atomic E-state index is 0.00256. The Morgan fingerprint density at radius 1 is 1.06 bits per heavy atom. The summed E-state index contributed by atoms with van der Waals surface area (Å²) >= 11 is 0. The topological polar surface area (TPSA) is 49.1 Å². The van der Waals surface area contributed by atoms with Gasteiger partial charge in [-0.2, -0.15) is 5.10 Å². The molecule has 0 amide bonds. The molecule has 0 aromatic heterocycles. The number of hydrogen-bond donors (Lipinski definition) is 1. The fraction of sp³-hybridized carbons (Fsp3) is 0.643. The molecule has 0 radical (unpaired) electrons. The Morgan fingerprint density at radius 2 is 1.72 bits per heavy atom. The van der Waals surface area contributed by atoms with E-state index in [1.165, 1.54) is 5.57 Å². The number of nitrogens with one attached hydrogen (secondary N) is 1. The number of aliphatic imine (C=N–C) groups is 2. The standard InChI is InChI=1S/C14H22N4/c1-13(2,3)10-9-7-15-8-16-12(9)18-17-11(10)14(4,5)6/h7-8,12,18H,1-6H3. The fourth-order valence-electron chi connectivity index (χ4n) is 2.32. The van der Waals surface area contributed by atoms with E-state index in [1.54, 1.807) is 6.34 Å². The van der Waals surface area contributed by atoms with E-state index in [0.717, 1.165) is 11.3 Å². The maximum Gasteiger partial charge on any atom is 0.163 e. The molecular formula is C14H22N4. The molecule has 4 heteroatoms. The zero-order valence-electron chi connectivity index (χ0n) is 12.1. The molecule has 1 unspecified atom stereocenters. The summed E-state index contributed by atoms with van der Waals surface area (Å²) in [4.78, 5) is 8.50. The van der Waals surface area contributed by atoms with Gasteiger partial charge in [-0.15, -0.1) is 0 Å². The van der Waals surface area contributed by atoms with Gasteiger partial charge in [0.1, 0.15) is 6.34 Å². The Labute approximate surface area is 109 Å². The molecule has 4 nitrogen and oxygen atoms in total. The smallest absolute Gasteiger partial charge is 0.163 e. The molecule has 1 atom stereocenters. The van der Waals surface area contributed by atoms with Crippen molar-refractivity contribution in [2.75, 3.05) is 0 Å². The summed E-state index contributed by atoms with van der Waals surface area (Å²) in [6, 6.07) is 0. The summed E-state index contributed by atoms with van der Waals surface area (Å²) in [7, 11) is 0. The Hall–Kier alpha value is -1.45. The zero-order valence-corrected chi connectivity index (χ0v) is 12.1. The largest absolute Gasteiger partial charge is 0.281 e. The first-order valence-corrected chi connectivity index (χ1v) is 6.35. The van der Waals surface area contributed by atoms with Crippen LogP contribution in [0.5, 0.6) is 0 Å². The second-order valence-corrected chi connectivity index (χ2v) is 6.87. The van der Waals surface area contributed by atoms with Crippen LogP contribution in [0.4, 0.5) is 0 Å². The van der Waals surface area contributed by atoms with Crippen LogP contribution in [-0.4, -0.2) is 24.4 Å². The average molecular weight is 246 g/mol. The molecule has 0 bridgehead atoms. The summed E-state index contributed by atoms with van der Waals surface area (Å²) in [5.74, 6) is 0. The van der Waals surface area contributed by atoms with Gasteiger partial charge in [0, 0.05) is 17.2 Å². The van der Waals surface area contributed by atoms with Gasteiger partial charge in [-0.3, -0.25) is 5.43 Å². The maximum absolute atomic E-state index is 4.57. The number of hydrogen-bond acceptors (Lipinski definition) is 4. The Kier molecular flexibility index (Phi) is 2.92. The number of fused-ring (bicyclic) bond motifs is 1. The highest BCUT2D eigenvalue weighted by atomic mass is 15.4. The number of rotatable bonds is 0. The minimum atomic E-state index is -0.0807. The van der Waals surface area contributed by atoms with E-state index < -0.39 is 0 Å². The first-order valence-electron chi connectivity index (χ1n) is 6.35. The normalized spacial score (nSPS) is 23.7. The molecule has 18 heavy (non-hydrogen) atoms. The van der Waals surface area contributed by atoms with Crippen LogP contribution >= 0.6 is 0 Å². The molecule has 0 aliphatic carbocycles. The zero-order chi connectivity index (χ0) is 13.6. The van der Waals surface area contributed by atoms with Gasteiger partial charge in [-0.1, -0.05) is 41.5 Å². The third kappa shape index (κ3) is 2.24. The first-order chi connectivity index (χ1) is 8.21. The van der Waals surface area contributed by atoms with Crippen molar-refractivity contribution in [3.63, 3.8) is 0 Å². The summed E-state index contributed by atoms with van der Waals surface area (Å²) in [6.07, 6.45) is 3.41. The molecule has 0 saturated carbocycles. The lowest BCUT2D eigenvalue weighted by atomic mass is 9.72. The van der Waals surface area contributed by atoms with E-state index in [0.29, 0.717) is 0 Å². The third-order valence-electron chi connectivity index (χ3n) is 3.08. The van der Waals surface area contributed by atoms with E-state index in [4.69, 9.17) is 0 Å². The van der Waals surface area contributed by atoms with Crippen LogP contribution in [-0.2, 0) is 0 Å². The lowest BCUT2D eigenvalue weighted by Gasteiger charge is -2.37. The van der Waals surface area contributed by atoms with Crippen molar-refractivity contribution >= 4 is 18.3 Å². The summed E-state index contributed by atoms with van der Waals surface area (Å²) in [5.41, 5.74) is 6.66. The molecule has 2 heterocycles. The Balaban J connectivity index is 2.60. The summed E-state index contributed by atoms with van der Waals surface area (Å²) in [6.45, 7) is 13.2. The summed E-state index contributed by atoms with van der Waals surface area (Å²) < 4.78 is 0. The predicted molar refractivity (Wildman–Crippen MR) is 77.3 cm³/mol. The molecule has 98 valence electrons. The van der Waals surface area contributed by atoms with Crippen LogP contribution in [0.3, 0.4) is 0 Å². The van der Waals surface area contributed by atoms with Crippen LogP contribution in [0.25, 0.3) is 0 Å². The maximum atomic E-state index is 4.57. The predicted octanol–water partition coefficient (Wildman–Crippen LogP) is 2.77. The average Bonchev–Trinajstić information content (AvgIpc) is 2.24. The van der Waals surface area contributed by atoms with Crippen LogP contribution in [0.1, 0.15) is 41.5 Å². The number of hydrazone groups is 1. The van der Waals surface area contributed by atoms with Crippen molar-refractivity contribution in [3.05, 3.63) is 11.1 Å². The van der Waals surface area contributed by atoms with Crippen molar-refractivity contribution in [3.8, 4) is 0 Å². The second-order valence-electron chi connectivity index (χ2n) is 6.87. The molecule has 0 aromatic rings. The van der Waals surface area contributed by atoms with Crippen LogP contribution < -0.4 is 5.43 Å². The molecule has 0 aromatic carbocycles. The highest BCUT2D eigenvalue weighted by Crippen LogP contribution is 2.38. The Morgan fingerprint density at radius 3 is 2.28 bits per heavy atom. The highest BCUT2D eigenvalue weighted by Gasteiger charge is 2.37. The van der Waals surface area contributed by atoms with Crippen molar-refractivity contribution in [2.24, 2.45) is 25.9 Å². The first kappa shape index (κ1) is 13.0. The fourth-order valence-corrected chi connectivity index (χ4v) is 2.32. The quantitative estimate of drug-likeness (QED) is 0.702. The molecule has 2 aliphatic heterocycles. The molecule has 2 aliphatic rings. The molecule has 0 saturated heterocycles. The van der Waals surface area contributed by atoms with Crippen molar-refractivity contribution in [2.45, 2.75) is 47.7 Å². The molecule has 0 spiro atoms. The molecule has 1 N–H and O–H groups in total. The van der Waals surface area contributed by atoms with Crippen molar-refractivity contribution in [1.29, 1.82) is 0 Å². The lowest BCUT2D eigenvalue weighted by molar-refractivity contribution is 0.472. The van der Waals surface area contributed by atoms with E-state index in [1.807, 2.05) is 6.21 Å². The van der Waals surface area contributed by atoms with E-state index in [-0.39, 0.29) is 17.0 Å². The van der Waals surface area contributed by atoms with Crippen LogP contribution in [0, 0.1) is 10.8 Å². The van der Waals surface area contributed by atoms with E-state index in [2.05, 4.69) is 62.1 Å². The number of allylic oxidation sites excluding steroid dienone is 1. The number of nitrogens with zero attached hydrogens (tertiary/aromatic N) is 3. The van der Waals surface area contributed by atoms with Crippen LogP contribution in [0.2, 0.25) is 0 Å². The Bertz CT molecular complexity index is 467. The van der Waals surface area contributed by atoms with Crippen molar-refractivity contribution < 1.29 is 0 Å². The second kappa shape index (κ2) is 4.04. The van der Waals surface area contributed by atoms with Gasteiger partial charge in [-0.25, -0.2) is 9.98 Å². The van der Waals surface area contributed by atoms with Gasteiger partial charge in [0.25, 0.3) is 0 Å². The molecule has 0 fully saturated rings.